The van der Waals surface area contributed by atoms with Crippen molar-refractivity contribution in [2.45, 2.75) is 32.9 Å². The molecular weight excluding hydrogens is 222 g/mol. The van der Waals surface area contributed by atoms with E-state index >= 15 is 0 Å². The summed E-state index contributed by atoms with van der Waals surface area (Å²) in [6.07, 6.45) is 0. The molecule has 0 aromatic rings. The third kappa shape index (κ3) is 3.72. The van der Waals surface area contributed by atoms with Crippen LogP contribution in [0, 0.1) is 0 Å². The van der Waals surface area contributed by atoms with Crippen LogP contribution in [0.2, 0.25) is 0 Å². The Hall–Kier alpha value is -1.59. The van der Waals surface area contributed by atoms with E-state index in [0.717, 1.165) is 0 Å². The summed E-state index contributed by atoms with van der Waals surface area (Å²) < 4.78 is 0. The Kier molecular flexibility index (Phi) is 5.64. The van der Waals surface area contributed by atoms with Crippen molar-refractivity contribution in [3.63, 3.8) is 0 Å². The summed E-state index contributed by atoms with van der Waals surface area (Å²) in [6, 6.07) is -1.14. The molecule has 0 aliphatic rings. The molecule has 0 fully saturated rings. The molecule has 17 heavy (non-hydrogen) atoms. The van der Waals surface area contributed by atoms with Gasteiger partial charge in [-0.2, -0.15) is 0 Å². The Balaban J connectivity index is 4.70. The molecule has 2 atom stereocenters. The number of likely N-dealkylation sites (N-methyl/N-ethyl adjacent to an activating group) is 3. The average Bonchev–Trinajstić information content (AvgIpc) is 2.32. The van der Waals surface area contributed by atoms with E-state index in [1.165, 1.54) is 23.8 Å². The molecule has 0 aromatic heterocycles. The molecule has 0 saturated carbocycles. The predicted octanol–water partition coefficient (Wildman–Crippen LogP) is -0.554. The molecule has 0 rings (SSSR count). The minimum Gasteiger partial charge on any atom is -0.357 e. The molecule has 6 nitrogen and oxygen atoms in total. The highest BCUT2D eigenvalue weighted by Gasteiger charge is 2.28. The zero-order valence-corrected chi connectivity index (χ0v) is 11.3. The summed E-state index contributed by atoms with van der Waals surface area (Å²) in [5.74, 6) is -0.691. The molecule has 0 aliphatic heterocycles. The zero-order valence-electron chi connectivity index (χ0n) is 11.3. The lowest BCUT2D eigenvalue weighted by atomic mass is 10.2. The molecule has 1 N–H and O–H groups in total. The van der Waals surface area contributed by atoms with Crippen molar-refractivity contribution in [3.8, 4) is 0 Å². The summed E-state index contributed by atoms with van der Waals surface area (Å²) in [5, 5.41) is 2.48. The Morgan fingerprint density at radius 1 is 1.00 bits per heavy atom. The van der Waals surface area contributed by atoms with Crippen LogP contribution in [0.15, 0.2) is 0 Å². The molecule has 0 spiro atoms. The molecule has 0 aromatic carbocycles. The van der Waals surface area contributed by atoms with E-state index in [2.05, 4.69) is 5.32 Å². The standard InChI is InChI=1S/C11H21N3O3/c1-7(10(16)12-4)14(6)11(17)8(2)13(5)9(3)15/h7-8H,1-6H3,(H,12,16)/t7-,8-/m1/s1. The molecule has 0 unspecified atom stereocenters. The Morgan fingerprint density at radius 2 is 1.47 bits per heavy atom. The van der Waals surface area contributed by atoms with Gasteiger partial charge >= 0.3 is 0 Å². The maximum absolute atomic E-state index is 12.0. The van der Waals surface area contributed by atoms with Crippen LogP contribution in [0.5, 0.6) is 0 Å². The summed E-state index contributed by atoms with van der Waals surface area (Å²) in [7, 11) is 4.62. The van der Waals surface area contributed by atoms with Gasteiger partial charge in [0.05, 0.1) is 0 Å². The number of nitrogens with zero attached hydrogens (tertiary/aromatic N) is 2. The molecule has 0 heterocycles. The van der Waals surface area contributed by atoms with Gasteiger partial charge in [0.25, 0.3) is 0 Å². The Bertz CT molecular complexity index is 317. The maximum Gasteiger partial charge on any atom is 0.245 e. The van der Waals surface area contributed by atoms with Gasteiger partial charge in [-0.15, -0.1) is 0 Å². The van der Waals surface area contributed by atoms with Crippen LogP contribution in [0.4, 0.5) is 0 Å². The molecule has 0 aliphatic carbocycles. The van der Waals surface area contributed by atoms with Crippen LogP contribution in [0.25, 0.3) is 0 Å². The van der Waals surface area contributed by atoms with Gasteiger partial charge in [-0.25, -0.2) is 0 Å². The monoisotopic (exact) mass is 243 g/mol. The number of carbonyl (C=O) groups excluding carboxylic acids is 3. The van der Waals surface area contributed by atoms with Crippen LogP contribution in [-0.2, 0) is 14.4 Å². The van der Waals surface area contributed by atoms with Crippen LogP contribution in [-0.4, -0.2) is 60.7 Å². The van der Waals surface area contributed by atoms with Crippen LogP contribution >= 0.6 is 0 Å². The fraction of sp³-hybridized carbons (Fsp3) is 0.727. The Morgan fingerprint density at radius 3 is 1.82 bits per heavy atom. The number of hydrogen-bond acceptors (Lipinski definition) is 3. The molecular formula is C11H21N3O3. The van der Waals surface area contributed by atoms with Gasteiger partial charge in [0.2, 0.25) is 17.7 Å². The van der Waals surface area contributed by atoms with Crippen LogP contribution in [0.3, 0.4) is 0 Å². The van der Waals surface area contributed by atoms with Gasteiger partial charge in [-0.3, -0.25) is 14.4 Å². The fourth-order valence-electron chi connectivity index (χ4n) is 1.31. The Labute approximate surface area is 102 Å². The van der Waals surface area contributed by atoms with Crippen molar-refractivity contribution in [2.24, 2.45) is 0 Å². The quantitative estimate of drug-likeness (QED) is 0.720. The van der Waals surface area contributed by atoms with Crippen molar-refractivity contribution >= 4 is 17.7 Å². The molecule has 98 valence electrons. The highest BCUT2D eigenvalue weighted by Crippen LogP contribution is 2.04. The summed E-state index contributed by atoms with van der Waals surface area (Å²) in [5.41, 5.74) is 0. The molecule has 0 bridgehead atoms. The highest BCUT2D eigenvalue weighted by molar-refractivity contribution is 5.91. The SMILES string of the molecule is CNC(=O)[C@@H](C)N(C)C(=O)[C@@H](C)N(C)C(C)=O. The van der Waals surface area contributed by atoms with Crippen LogP contribution < -0.4 is 5.32 Å². The van der Waals surface area contributed by atoms with Gasteiger partial charge in [-0.05, 0) is 13.8 Å². The second kappa shape index (κ2) is 6.22. The van der Waals surface area contributed by atoms with E-state index in [1.54, 1.807) is 27.9 Å². The topological polar surface area (TPSA) is 69.7 Å². The first-order valence-electron chi connectivity index (χ1n) is 5.45. The first kappa shape index (κ1) is 15.4. The number of amides is 3. The van der Waals surface area contributed by atoms with E-state index in [9.17, 15) is 14.4 Å². The van der Waals surface area contributed by atoms with Gasteiger partial charge in [0, 0.05) is 28.1 Å². The molecule has 0 radical (unpaired) electrons. The highest BCUT2D eigenvalue weighted by atomic mass is 16.2. The number of carbonyl (C=O) groups is 3. The third-order valence-electron chi connectivity index (χ3n) is 2.99. The normalized spacial score (nSPS) is 13.5. The van der Waals surface area contributed by atoms with E-state index in [1.807, 2.05) is 0 Å². The van der Waals surface area contributed by atoms with Crippen LogP contribution in [0.1, 0.15) is 20.8 Å². The van der Waals surface area contributed by atoms with Crippen molar-refractivity contribution in [1.82, 2.24) is 15.1 Å². The van der Waals surface area contributed by atoms with Gasteiger partial charge in [-0.1, -0.05) is 0 Å². The fourth-order valence-corrected chi connectivity index (χ4v) is 1.31. The minimum absolute atomic E-state index is 0.188. The molecule has 3 amide bonds. The first-order chi connectivity index (χ1) is 7.73. The van der Waals surface area contributed by atoms with E-state index < -0.39 is 12.1 Å². The van der Waals surface area contributed by atoms with Crippen molar-refractivity contribution in [1.29, 1.82) is 0 Å². The van der Waals surface area contributed by atoms with Gasteiger partial charge in [0.15, 0.2) is 0 Å². The first-order valence-corrected chi connectivity index (χ1v) is 5.45. The number of rotatable bonds is 4. The summed E-state index contributed by atoms with van der Waals surface area (Å²) in [4.78, 5) is 37.2. The molecule has 6 heteroatoms. The second-order valence-corrected chi connectivity index (χ2v) is 4.05. The number of nitrogens with one attached hydrogen (secondary N) is 1. The largest absolute Gasteiger partial charge is 0.357 e. The van der Waals surface area contributed by atoms with Crippen molar-refractivity contribution < 1.29 is 14.4 Å². The second-order valence-electron chi connectivity index (χ2n) is 4.05. The third-order valence-corrected chi connectivity index (χ3v) is 2.99. The molecule has 0 saturated heterocycles. The lowest BCUT2D eigenvalue weighted by Crippen LogP contribution is -2.52. The van der Waals surface area contributed by atoms with E-state index in [-0.39, 0.29) is 17.7 Å². The summed E-state index contributed by atoms with van der Waals surface area (Å²) >= 11 is 0. The van der Waals surface area contributed by atoms with Gasteiger partial charge in [0.1, 0.15) is 12.1 Å². The van der Waals surface area contributed by atoms with E-state index in [4.69, 9.17) is 0 Å². The predicted molar refractivity (Wildman–Crippen MR) is 64.2 cm³/mol. The smallest absolute Gasteiger partial charge is 0.245 e. The van der Waals surface area contributed by atoms with Gasteiger partial charge < -0.3 is 15.1 Å². The van der Waals surface area contributed by atoms with Crippen molar-refractivity contribution in [3.05, 3.63) is 0 Å². The van der Waals surface area contributed by atoms with E-state index in [0.29, 0.717) is 0 Å². The van der Waals surface area contributed by atoms with Crippen molar-refractivity contribution in [2.75, 3.05) is 21.1 Å². The number of hydrogen-bond donors (Lipinski definition) is 1. The average molecular weight is 243 g/mol. The maximum atomic E-state index is 12.0. The lowest BCUT2D eigenvalue weighted by molar-refractivity contribution is -0.145. The minimum atomic E-state index is -0.579. The summed E-state index contributed by atoms with van der Waals surface area (Å²) in [6.45, 7) is 4.67. The lowest BCUT2D eigenvalue weighted by Gasteiger charge is -2.30. The zero-order chi connectivity index (χ0) is 13.7.